The molecule has 2 heterocycles. The lowest BCUT2D eigenvalue weighted by atomic mass is 9.78. The molecule has 0 bridgehead atoms. The molecule has 0 aromatic carbocycles. The Balaban J connectivity index is 2.22. The highest BCUT2D eigenvalue weighted by Gasteiger charge is 2.45. The SMILES string of the molecule is Cc1ccsc1C(N)C1(CO)COC1. The van der Waals surface area contributed by atoms with Crippen molar-refractivity contribution >= 4 is 11.3 Å². The quantitative estimate of drug-likeness (QED) is 0.789. The fourth-order valence-corrected chi connectivity index (χ4v) is 2.78. The highest BCUT2D eigenvalue weighted by Crippen LogP contribution is 2.41. The topological polar surface area (TPSA) is 55.5 Å². The van der Waals surface area contributed by atoms with Gasteiger partial charge in [0.15, 0.2) is 0 Å². The van der Waals surface area contributed by atoms with Crippen LogP contribution in [0.3, 0.4) is 0 Å². The Bertz CT molecular complexity index is 314. The van der Waals surface area contributed by atoms with E-state index in [1.807, 2.05) is 5.38 Å². The molecule has 78 valence electrons. The van der Waals surface area contributed by atoms with Gasteiger partial charge in [-0.1, -0.05) is 0 Å². The molecular weight excluding hydrogens is 198 g/mol. The molecule has 4 heteroatoms. The maximum absolute atomic E-state index is 9.34. The summed E-state index contributed by atoms with van der Waals surface area (Å²) in [5.74, 6) is 0. The van der Waals surface area contributed by atoms with Gasteiger partial charge in [-0.2, -0.15) is 0 Å². The molecule has 0 radical (unpaired) electrons. The molecule has 14 heavy (non-hydrogen) atoms. The number of thiophene rings is 1. The highest BCUT2D eigenvalue weighted by atomic mass is 32.1. The summed E-state index contributed by atoms with van der Waals surface area (Å²) < 4.78 is 5.15. The first kappa shape index (κ1) is 10.1. The van der Waals surface area contributed by atoms with Gasteiger partial charge in [0, 0.05) is 4.88 Å². The number of aryl methyl sites for hydroxylation is 1. The van der Waals surface area contributed by atoms with Crippen LogP contribution < -0.4 is 5.73 Å². The summed E-state index contributed by atoms with van der Waals surface area (Å²) in [4.78, 5) is 1.17. The number of nitrogens with two attached hydrogens (primary N) is 1. The van der Waals surface area contributed by atoms with Gasteiger partial charge in [0.25, 0.3) is 0 Å². The molecule has 0 aliphatic carbocycles. The van der Waals surface area contributed by atoms with E-state index in [0.717, 1.165) is 0 Å². The average Bonchev–Trinajstić information content (AvgIpc) is 2.50. The van der Waals surface area contributed by atoms with Crippen molar-refractivity contribution < 1.29 is 9.84 Å². The molecule has 1 aliphatic heterocycles. The van der Waals surface area contributed by atoms with Gasteiger partial charge in [0.1, 0.15) is 0 Å². The zero-order valence-corrected chi connectivity index (χ0v) is 9.01. The Labute approximate surface area is 87.5 Å². The Morgan fingerprint density at radius 3 is 2.79 bits per heavy atom. The first-order valence-corrected chi connectivity index (χ1v) is 5.56. The normalized spacial score (nSPS) is 21.6. The molecule has 0 amide bonds. The van der Waals surface area contributed by atoms with E-state index >= 15 is 0 Å². The molecule has 2 rings (SSSR count). The molecule has 1 atom stereocenters. The molecule has 1 aromatic rings. The number of aliphatic hydroxyl groups excluding tert-OH is 1. The molecule has 3 N–H and O–H groups in total. The van der Waals surface area contributed by atoms with Crippen molar-refractivity contribution in [2.45, 2.75) is 13.0 Å². The Kier molecular flexibility index (Phi) is 2.62. The van der Waals surface area contributed by atoms with Crippen LogP contribution in [0.5, 0.6) is 0 Å². The van der Waals surface area contributed by atoms with Crippen LogP contribution in [-0.2, 0) is 4.74 Å². The number of ether oxygens (including phenoxy) is 1. The van der Waals surface area contributed by atoms with Crippen molar-refractivity contribution in [2.75, 3.05) is 19.8 Å². The standard InChI is InChI=1S/C10H15NO2S/c1-7-2-3-14-8(7)9(11)10(4-12)5-13-6-10/h2-3,9,12H,4-6,11H2,1H3. The van der Waals surface area contributed by atoms with Crippen molar-refractivity contribution in [1.82, 2.24) is 0 Å². The van der Waals surface area contributed by atoms with Crippen LogP contribution in [0.4, 0.5) is 0 Å². The Hall–Kier alpha value is -0.420. The largest absolute Gasteiger partial charge is 0.396 e. The molecular formula is C10H15NO2S. The third-order valence-electron chi connectivity index (χ3n) is 2.94. The van der Waals surface area contributed by atoms with E-state index in [-0.39, 0.29) is 18.1 Å². The zero-order chi connectivity index (χ0) is 10.2. The van der Waals surface area contributed by atoms with Gasteiger partial charge < -0.3 is 15.6 Å². The van der Waals surface area contributed by atoms with Gasteiger partial charge in [-0.05, 0) is 23.9 Å². The van der Waals surface area contributed by atoms with Gasteiger partial charge >= 0.3 is 0 Å². The predicted molar refractivity (Wildman–Crippen MR) is 56.3 cm³/mol. The minimum Gasteiger partial charge on any atom is -0.396 e. The summed E-state index contributed by atoms with van der Waals surface area (Å²) in [6.07, 6.45) is 0. The smallest absolute Gasteiger partial charge is 0.0602 e. The summed E-state index contributed by atoms with van der Waals surface area (Å²) in [6.45, 7) is 3.30. The van der Waals surface area contributed by atoms with Gasteiger partial charge in [-0.3, -0.25) is 0 Å². The van der Waals surface area contributed by atoms with Crippen molar-refractivity contribution in [3.05, 3.63) is 21.9 Å². The first-order valence-electron chi connectivity index (χ1n) is 4.68. The fraction of sp³-hybridized carbons (Fsp3) is 0.600. The molecule has 3 nitrogen and oxygen atoms in total. The van der Waals surface area contributed by atoms with Crippen molar-refractivity contribution in [2.24, 2.45) is 11.1 Å². The van der Waals surface area contributed by atoms with Gasteiger partial charge in [-0.25, -0.2) is 0 Å². The summed E-state index contributed by atoms with van der Waals surface area (Å²) >= 11 is 1.66. The van der Waals surface area contributed by atoms with E-state index in [1.54, 1.807) is 11.3 Å². The van der Waals surface area contributed by atoms with E-state index < -0.39 is 0 Å². The molecule has 1 unspecified atom stereocenters. The van der Waals surface area contributed by atoms with E-state index in [4.69, 9.17) is 10.5 Å². The minimum atomic E-state index is -0.240. The number of aliphatic hydroxyl groups is 1. The van der Waals surface area contributed by atoms with Crippen LogP contribution in [0.15, 0.2) is 11.4 Å². The van der Waals surface area contributed by atoms with Crippen LogP contribution in [0.1, 0.15) is 16.5 Å². The second-order valence-corrected chi connectivity index (χ2v) is 4.91. The summed E-state index contributed by atoms with van der Waals surface area (Å²) in [5.41, 5.74) is 7.13. The summed E-state index contributed by atoms with van der Waals surface area (Å²) in [7, 11) is 0. The summed E-state index contributed by atoms with van der Waals surface area (Å²) in [6, 6.07) is 1.96. The molecule has 1 fully saturated rings. The zero-order valence-electron chi connectivity index (χ0n) is 8.19. The van der Waals surface area contributed by atoms with Crippen LogP contribution in [0.25, 0.3) is 0 Å². The fourth-order valence-electron chi connectivity index (χ4n) is 1.71. The molecule has 0 saturated carbocycles. The minimum absolute atomic E-state index is 0.0961. The van der Waals surface area contributed by atoms with Crippen LogP contribution in [0, 0.1) is 12.3 Å². The molecule has 0 spiro atoms. The summed E-state index contributed by atoms with van der Waals surface area (Å²) in [5, 5.41) is 11.4. The van der Waals surface area contributed by atoms with Gasteiger partial charge in [0.05, 0.1) is 31.3 Å². The van der Waals surface area contributed by atoms with Crippen LogP contribution in [0.2, 0.25) is 0 Å². The Morgan fingerprint density at radius 1 is 1.71 bits per heavy atom. The van der Waals surface area contributed by atoms with Crippen LogP contribution >= 0.6 is 11.3 Å². The third-order valence-corrected chi connectivity index (χ3v) is 4.04. The number of hydrogen-bond acceptors (Lipinski definition) is 4. The monoisotopic (exact) mass is 213 g/mol. The average molecular weight is 213 g/mol. The predicted octanol–water partition coefficient (Wildman–Crippen LogP) is 1.07. The van der Waals surface area contributed by atoms with E-state index in [1.165, 1.54) is 10.4 Å². The lowest BCUT2D eigenvalue weighted by Crippen LogP contribution is -2.52. The van der Waals surface area contributed by atoms with Gasteiger partial charge in [0.2, 0.25) is 0 Å². The molecule has 1 aliphatic rings. The van der Waals surface area contributed by atoms with Gasteiger partial charge in [-0.15, -0.1) is 11.3 Å². The van der Waals surface area contributed by atoms with Crippen molar-refractivity contribution in [3.63, 3.8) is 0 Å². The van der Waals surface area contributed by atoms with E-state index in [0.29, 0.717) is 13.2 Å². The van der Waals surface area contributed by atoms with Crippen molar-refractivity contribution in [3.8, 4) is 0 Å². The second-order valence-electron chi connectivity index (χ2n) is 3.96. The van der Waals surface area contributed by atoms with E-state index in [2.05, 4.69) is 13.0 Å². The maximum atomic E-state index is 9.34. The lowest BCUT2D eigenvalue weighted by molar-refractivity contribution is -0.150. The number of rotatable bonds is 3. The molecule has 1 aromatic heterocycles. The number of hydrogen-bond donors (Lipinski definition) is 2. The van der Waals surface area contributed by atoms with Crippen LogP contribution in [-0.4, -0.2) is 24.9 Å². The lowest BCUT2D eigenvalue weighted by Gasteiger charge is -2.44. The maximum Gasteiger partial charge on any atom is 0.0602 e. The van der Waals surface area contributed by atoms with E-state index in [9.17, 15) is 5.11 Å². The second kappa shape index (κ2) is 3.62. The highest BCUT2D eigenvalue weighted by molar-refractivity contribution is 7.10. The third kappa shape index (κ3) is 1.39. The molecule has 1 saturated heterocycles. The van der Waals surface area contributed by atoms with Crippen molar-refractivity contribution in [1.29, 1.82) is 0 Å². The first-order chi connectivity index (χ1) is 6.69. The Morgan fingerprint density at radius 2 is 2.43 bits per heavy atom.